The highest BCUT2D eigenvalue weighted by Gasteiger charge is 2.36. The number of methoxy groups -OCH3 is 2. The molecule has 1 unspecified atom stereocenters. The summed E-state index contributed by atoms with van der Waals surface area (Å²) in [5, 5.41) is 3.31. The van der Waals surface area contributed by atoms with Crippen molar-refractivity contribution in [1.29, 1.82) is 0 Å². The number of nitrogens with one attached hydrogen (secondary N) is 1. The number of halogens is 1. The summed E-state index contributed by atoms with van der Waals surface area (Å²) in [5.74, 6) is 1.02. The maximum Gasteiger partial charge on any atom is 0.264 e. The van der Waals surface area contributed by atoms with Crippen LogP contribution in [0.4, 0.5) is 5.69 Å². The van der Waals surface area contributed by atoms with Crippen LogP contribution in [0.3, 0.4) is 0 Å². The lowest BCUT2D eigenvalue weighted by atomic mass is 9.89. The highest BCUT2D eigenvalue weighted by atomic mass is 35.5. The minimum absolute atomic E-state index is 0.0344. The summed E-state index contributed by atoms with van der Waals surface area (Å²) in [7, 11) is -1.16. The van der Waals surface area contributed by atoms with Crippen LogP contribution in [0.5, 0.6) is 17.2 Å². The molecule has 1 atom stereocenters. The molecule has 0 saturated heterocycles. The first-order valence-electron chi connectivity index (χ1n) is 11.6. The number of rotatable bonds is 8. The maximum atomic E-state index is 13.7. The number of anilines is 1. The topological polar surface area (TPSA) is 94.2 Å². The number of nitrogens with zero attached hydrogens (tertiary/aromatic N) is 1. The fraction of sp³-hybridized carbons (Fsp3) is 0.296. The fourth-order valence-corrected chi connectivity index (χ4v) is 5.95. The number of fused-ring (bicyclic) bond motifs is 1. The van der Waals surface area contributed by atoms with Gasteiger partial charge in [-0.1, -0.05) is 29.8 Å². The number of hydrogen-bond donors (Lipinski definition) is 1. The highest BCUT2D eigenvalue weighted by molar-refractivity contribution is 7.92. The minimum Gasteiger partial charge on any atom is -0.497 e. The Balaban J connectivity index is 1.71. The largest absolute Gasteiger partial charge is 0.497 e. The van der Waals surface area contributed by atoms with Crippen molar-refractivity contribution in [3.8, 4) is 17.2 Å². The number of sulfonamides is 1. The third kappa shape index (κ3) is 5.78. The summed E-state index contributed by atoms with van der Waals surface area (Å²) in [6.07, 6.45) is 0.477. The summed E-state index contributed by atoms with van der Waals surface area (Å²) in [6, 6.07) is 17.5. The monoisotopic (exact) mass is 544 g/mol. The first-order chi connectivity index (χ1) is 17.5. The van der Waals surface area contributed by atoms with Crippen molar-refractivity contribution in [2.75, 3.05) is 25.1 Å². The first-order valence-corrected chi connectivity index (χ1v) is 13.4. The quantitative estimate of drug-likeness (QED) is 0.430. The third-order valence-electron chi connectivity index (χ3n) is 6.04. The van der Waals surface area contributed by atoms with Gasteiger partial charge in [-0.3, -0.25) is 9.10 Å². The van der Waals surface area contributed by atoms with E-state index in [-0.39, 0.29) is 16.3 Å². The fourth-order valence-electron chi connectivity index (χ4n) is 4.34. The summed E-state index contributed by atoms with van der Waals surface area (Å²) < 4.78 is 45.3. The van der Waals surface area contributed by atoms with Gasteiger partial charge >= 0.3 is 0 Å². The summed E-state index contributed by atoms with van der Waals surface area (Å²) in [4.78, 5) is 13.5. The van der Waals surface area contributed by atoms with E-state index in [0.29, 0.717) is 22.9 Å². The molecule has 1 heterocycles. The Morgan fingerprint density at radius 3 is 2.49 bits per heavy atom. The van der Waals surface area contributed by atoms with E-state index in [0.717, 1.165) is 9.87 Å². The van der Waals surface area contributed by atoms with E-state index in [1.54, 1.807) is 49.6 Å². The second-order valence-corrected chi connectivity index (χ2v) is 11.5. The van der Waals surface area contributed by atoms with Gasteiger partial charge in [0.05, 0.1) is 30.8 Å². The molecule has 0 aliphatic carbocycles. The molecule has 0 spiro atoms. The Morgan fingerprint density at radius 1 is 1.08 bits per heavy atom. The molecule has 1 amide bonds. The normalized spacial score (nSPS) is 16.2. The molecular formula is C27H29ClN2O6S. The zero-order valence-electron chi connectivity index (χ0n) is 21.0. The van der Waals surface area contributed by atoms with E-state index in [9.17, 15) is 13.2 Å². The van der Waals surface area contributed by atoms with Gasteiger partial charge < -0.3 is 19.5 Å². The minimum atomic E-state index is -4.14. The lowest BCUT2D eigenvalue weighted by molar-refractivity contribution is -0.120. The smallest absolute Gasteiger partial charge is 0.264 e. The van der Waals surface area contributed by atoms with Crippen molar-refractivity contribution in [2.24, 2.45) is 0 Å². The van der Waals surface area contributed by atoms with E-state index in [1.807, 2.05) is 19.9 Å². The van der Waals surface area contributed by atoms with E-state index in [4.69, 9.17) is 25.8 Å². The van der Waals surface area contributed by atoms with Crippen LogP contribution in [0.15, 0.2) is 71.6 Å². The van der Waals surface area contributed by atoms with Crippen LogP contribution in [-0.4, -0.2) is 40.7 Å². The molecule has 0 radical (unpaired) electrons. The molecule has 0 fully saturated rings. The molecule has 8 nitrogen and oxygen atoms in total. The van der Waals surface area contributed by atoms with Gasteiger partial charge in [0.2, 0.25) is 5.91 Å². The Labute approximate surface area is 222 Å². The molecular weight excluding hydrogens is 516 g/mol. The number of carbonyl (C=O) groups is 1. The number of hydrogen-bond acceptors (Lipinski definition) is 6. The van der Waals surface area contributed by atoms with Gasteiger partial charge in [-0.05, 0) is 62.4 Å². The van der Waals surface area contributed by atoms with E-state index >= 15 is 0 Å². The molecule has 0 bridgehead atoms. The predicted molar refractivity (Wildman–Crippen MR) is 142 cm³/mol. The molecule has 3 aromatic rings. The van der Waals surface area contributed by atoms with E-state index < -0.39 is 34.1 Å². The average molecular weight is 545 g/mol. The van der Waals surface area contributed by atoms with Gasteiger partial charge in [0.1, 0.15) is 29.4 Å². The number of amides is 1. The summed E-state index contributed by atoms with van der Waals surface area (Å²) in [5.41, 5.74) is 0.360. The third-order valence-corrected chi connectivity index (χ3v) is 8.05. The van der Waals surface area contributed by atoms with Crippen molar-refractivity contribution < 1.29 is 27.4 Å². The van der Waals surface area contributed by atoms with Crippen LogP contribution in [0.1, 0.15) is 31.9 Å². The van der Waals surface area contributed by atoms with Crippen molar-refractivity contribution in [1.82, 2.24) is 5.32 Å². The van der Waals surface area contributed by atoms with Crippen LogP contribution >= 0.6 is 11.6 Å². The Bertz CT molecular complexity index is 1400. The van der Waals surface area contributed by atoms with Crippen molar-refractivity contribution in [3.63, 3.8) is 0 Å². The van der Waals surface area contributed by atoms with Crippen LogP contribution in [-0.2, 0) is 14.8 Å². The SMILES string of the molecule is COc1ccc2c(c1)C(NC(=O)CN(c1cc(Cl)ccc1OC)S(=O)(=O)c1ccccc1)CC(C)(C)O2. The van der Waals surface area contributed by atoms with Gasteiger partial charge in [-0.2, -0.15) is 0 Å². The second-order valence-electron chi connectivity index (χ2n) is 9.23. The van der Waals surface area contributed by atoms with Crippen molar-refractivity contribution in [3.05, 3.63) is 77.3 Å². The van der Waals surface area contributed by atoms with Crippen LogP contribution < -0.4 is 23.8 Å². The number of ether oxygens (including phenoxy) is 3. The van der Waals surface area contributed by atoms with Crippen LogP contribution in [0.2, 0.25) is 5.02 Å². The summed E-state index contributed by atoms with van der Waals surface area (Å²) >= 11 is 6.22. The van der Waals surface area contributed by atoms with Gasteiger partial charge in [0.15, 0.2) is 0 Å². The van der Waals surface area contributed by atoms with Gasteiger partial charge in [0.25, 0.3) is 10.0 Å². The van der Waals surface area contributed by atoms with Gasteiger partial charge in [-0.25, -0.2) is 8.42 Å². The van der Waals surface area contributed by atoms with Crippen molar-refractivity contribution >= 4 is 33.2 Å². The molecule has 196 valence electrons. The van der Waals surface area contributed by atoms with Gasteiger partial charge in [0, 0.05) is 17.0 Å². The molecule has 3 aromatic carbocycles. The maximum absolute atomic E-state index is 13.7. The Hall–Kier alpha value is -3.43. The molecule has 0 aromatic heterocycles. The van der Waals surface area contributed by atoms with Crippen LogP contribution in [0.25, 0.3) is 0 Å². The first kappa shape index (κ1) is 26.6. The molecule has 1 aliphatic rings. The zero-order chi connectivity index (χ0) is 26.8. The standard InChI is InChI=1S/C27H29ClN2O6S/c1-27(2)16-22(21-15-19(34-3)11-13-24(21)36-27)29-26(31)17-30(23-14-18(28)10-12-25(23)35-4)37(32,33)20-8-6-5-7-9-20/h5-15,22H,16-17H2,1-4H3,(H,29,31). The van der Waals surface area contributed by atoms with E-state index in [2.05, 4.69) is 5.32 Å². The van der Waals surface area contributed by atoms with Gasteiger partial charge in [-0.15, -0.1) is 0 Å². The number of benzene rings is 3. The van der Waals surface area contributed by atoms with E-state index in [1.165, 1.54) is 25.3 Å². The Kier molecular flexibility index (Phi) is 7.57. The molecule has 10 heteroatoms. The van der Waals surface area contributed by atoms with Crippen molar-refractivity contribution in [2.45, 2.75) is 36.8 Å². The molecule has 37 heavy (non-hydrogen) atoms. The molecule has 4 rings (SSSR count). The summed E-state index contributed by atoms with van der Waals surface area (Å²) in [6.45, 7) is 3.37. The molecule has 1 aliphatic heterocycles. The number of carbonyl (C=O) groups excluding carboxylic acids is 1. The lowest BCUT2D eigenvalue weighted by Gasteiger charge is -2.38. The molecule has 1 N–H and O–H groups in total. The highest BCUT2D eigenvalue weighted by Crippen LogP contribution is 2.41. The zero-order valence-corrected chi connectivity index (χ0v) is 22.6. The average Bonchev–Trinajstić information content (AvgIpc) is 2.87. The lowest BCUT2D eigenvalue weighted by Crippen LogP contribution is -2.45. The molecule has 0 saturated carbocycles. The van der Waals surface area contributed by atoms with Crippen LogP contribution in [0, 0.1) is 0 Å². The predicted octanol–water partition coefficient (Wildman–Crippen LogP) is 4.97. The Morgan fingerprint density at radius 2 is 1.81 bits per heavy atom. The second kappa shape index (κ2) is 10.5.